The number of H-pyrrole nitrogens is 2. The minimum atomic E-state index is -4.94. The van der Waals surface area contributed by atoms with E-state index in [-0.39, 0.29) is 28.5 Å². The number of aliphatic hydroxyl groups is 2. The van der Waals surface area contributed by atoms with E-state index < -0.39 is 42.6 Å². The predicted octanol–water partition coefficient (Wildman–Crippen LogP) is -7.65. The molecule has 22 nitrogen and oxygen atoms in total. The molecule has 0 fully saturated rings. The van der Waals surface area contributed by atoms with Crippen LogP contribution in [0.25, 0.3) is 0 Å². The van der Waals surface area contributed by atoms with Crippen molar-refractivity contribution in [1.82, 2.24) is 19.9 Å². The molecule has 25 heteroatoms. The van der Waals surface area contributed by atoms with Gasteiger partial charge in [-0.15, -0.1) is 30.0 Å². The van der Waals surface area contributed by atoms with Gasteiger partial charge in [-0.1, -0.05) is 0 Å². The van der Waals surface area contributed by atoms with E-state index in [1.54, 1.807) is 69.2 Å². The van der Waals surface area contributed by atoms with E-state index in [0.717, 1.165) is 44.6 Å². The first-order valence-electron chi connectivity index (χ1n) is 13.2. The Morgan fingerprint density at radius 1 is 0.571 bits per heavy atom. The number of nitrogens with one attached hydrogen (secondary N) is 2. The van der Waals surface area contributed by atoms with Gasteiger partial charge in [0.15, 0.2) is 0 Å². The molecule has 2 aliphatic heterocycles. The first-order valence-corrected chi connectivity index (χ1v) is 15.7. The number of aliphatic hydroxyl groups excluding tert-OH is 2. The fourth-order valence-corrected chi connectivity index (χ4v) is 3.77. The molecule has 0 spiro atoms. The summed E-state index contributed by atoms with van der Waals surface area (Å²) in [7, 11) is -7.89. The zero-order chi connectivity index (χ0) is 39.0. The van der Waals surface area contributed by atoms with Crippen molar-refractivity contribution in [2.45, 2.75) is 91.4 Å². The number of aromatic nitrogens is 4. The third-order valence-electron chi connectivity index (χ3n) is 7.88. The summed E-state index contributed by atoms with van der Waals surface area (Å²) in [6.45, 7) is 17.7. The molecule has 4 N–H and O–H groups in total. The number of nitroso groups, excluding NO2 is 2. The second kappa shape index (κ2) is 18.5. The predicted molar refractivity (Wildman–Crippen MR) is 142 cm³/mol. The Balaban J connectivity index is -0.000000621. The monoisotopic (exact) mass is 795 g/mol. The van der Waals surface area contributed by atoms with Gasteiger partial charge in [-0.2, -0.15) is 0 Å². The van der Waals surface area contributed by atoms with Crippen LogP contribution in [0.5, 0.6) is 0 Å². The summed E-state index contributed by atoms with van der Waals surface area (Å²) < 4.78 is 71.0. The molecule has 2 aliphatic rings. The minimum absolute atomic E-state index is 0. The molecule has 0 atom stereocenters. The Hall–Kier alpha value is -2.75. The zero-order valence-electron chi connectivity index (χ0n) is 28.7. The third kappa shape index (κ3) is 12.2. The summed E-state index contributed by atoms with van der Waals surface area (Å²) in [6.07, 6.45) is 2.97. The number of nitrogens with zero attached hydrogens (tertiary/aromatic N) is 6. The number of aromatic amines is 2. The van der Waals surface area contributed by atoms with Crippen molar-refractivity contribution in [3.8, 4) is 0 Å². The van der Waals surface area contributed by atoms with Crippen molar-refractivity contribution in [1.29, 1.82) is 0 Å². The number of hydroxylamine groups is 2. The summed E-state index contributed by atoms with van der Waals surface area (Å²) in [5.74, 6) is 0.164. The van der Waals surface area contributed by atoms with Gasteiger partial charge in [0.05, 0.1) is 24.0 Å². The van der Waals surface area contributed by atoms with Crippen LogP contribution in [-0.2, 0) is 16.8 Å². The van der Waals surface area contributed by atoms with Crippen molar-refractivity contribution in [2.24, 2.45) is 0 Å². The van der Waals surface area contributed by atoms with Crippen molar-refractivity contribution in [2.75, 3.05) is 14.2 Å². The van der Waals surface area contributed by atoms with Crippen LogP contribution in [-0.4, -0.2) is 97.2 Å². The Morgan fingerprint density at radius 2 is 0.776 bits per heavy atom. The van der Waals surface area contributed by atoms with Gasteiger partial charge in [0.1, 0.15) is 9.52 Å². The van der Waals surface area contributed by atoms with Crippen LogP contribution < -0.4 is 37.3 Å². The van der Waals surface area contributed by atoms with Crippen LogP contribution in [0.15, 0.2) is 12.7 Å². The number of hydrogen-bond acceptors (Lipinski definition) is 16. The first kappa shape index (κ1) is 50.6. The smallest absolute Gasteiger partial charge is 0.525 e. The van der Waals surface area contributed by atoms with Crippen LogP contribution >= 0.6 is 0 Å². The molecule has 0 aromatic carbocycles. The van der Waals surface area contributed by atoms with Crippen LogP contribution in [0.1, 0.15) is 78.2 Å². The van der Waals surface area contributed by atoms with Gasteiger partial charge in [0.25, 0.3) is 11.1 Å². The average molecular weight is 796 g/mol. The second-order valence-corrected chi connectivity index (χ2v) is 13.1. The topological polar surface area (TPSA) is 375 Å². The molecule has 1 radical (unpaired) electrons. The molecule has 2 aromatic rings. The number of amidine groups is 2. The van der Waals surface area contributed by atoms with Crippen LogP contribution in [0.4, 0.5) is 0 Å². The van der Waals surface area contributed by atoms with Gasteiger partial charge >= 0.3 is 11.7 Å². The SMILES string of the molecule is CO.CO.Cc1[nH]cnc1C1=[N+]([O-])C(C)(C)C(C)(C)[N+]1=O.Cc1[nH]cnc1C1=[N+]([O-])C(C)(C)C(C)(C)[N+]1=O.[Co].[O-][Cl+3]([O-])([O-])[O-].[O-][Cl+3]([O-])([O-])[O-]. The molecule has 49 heavy (non-hydrogen) atoms. The maximum Gasteiger partial charge on any atom is 0.525 e. The molecule has 0 bridgehead atoms. The molecule has 2 aromatic heterocycles. The van der Waals surface area contributed by atoms with Gasteiger partial charge in [0.2, 0.25) is 22.5 Å². The Morgan fingerprint density at radius 3 is 0.898 bits per heavy atom. The number of halogens is 2. The molecule has 0 saturated carbocycles. The number of hydrogen-bond donors (Lipinski definition) is 4. The first-order chi connectivity index (χ1) is 21.4. The van der Waals surface area contributed by atoms with E-state index >= 15 is 0 Å². The maximum absolute atomic E-state index is 12.3. The molecule has 0 saturated heterocycles. The van der Waals surface area contributed by atoms with Crippen molar-refractivity contribution in [3.05, 3.63) is 55.7 Å². The quantitative estimate of drug-likeness (QED) is 0.162. The van der Waals surface area contributed by atoms with E-state index in [2.05, 4.69) is 19.9 Å². The molecule has 285 valence electrons. The zero-order valence-corrected chi connectivity index (χ0v) is 31.3. The largest absolute Gasteiger partial charge is 0.618 e. The van der Waals surface area contributed by atoms with E-state index in [1.807, 2.05) is 0 Å². The fraction of sp³-hybridized carbons (Fsp3) is 0.667. The van der Waals surface area contributed by atoms with Crippen molar-refractivity contribution >= 4 is 11.7 Å². The average Bonchev–Trinajstić information content (AvgIpc) is 3.61. The molecule has 0 aliphatic carbocycles. The van der Waals surface area contributed by atoms with Crippen molar-refractivity contribution < 1.29 is 104 Å². The summed E-state index contributed by atoms with van der Waals surface area (Å²) in [5.41, 5.74) is -0.900. The Kier molecular flexibility index (Phi) is 19.1. The summed E-state index contributed by atoms with van der Waals surface area (Å²) in [4.78, 5) is 38.4. The van der Waals surface area contributed by atoms with Gasteiger partial charge < -0.3 is 30.6 Å². The summed E-state index contributed by atoms with van der Waals surface area (Å²) in [5, 5.41) is 38.6. The van der Waals surface area contributed by atoms with Gasteiger partial charge in [0, 0.05) is 96.2 Å². The van der Waals surface area contributed by atoms with Gasteiger partial charge in [-0.3, -0.25) is 0 Å². The normalized spacial score (nSPS) is 18.2. The number of rotatable bonds is 2. The van der Waals surface area contributed by atoms with E-state index in [9.17, 15) is 20.2 Å². The van der Waals surface area contributed by atoms with Crippen LogP contribution in [0.2, 0.25) is 0 Å². The number of aryl methyl sites for hydroxylation is 2. The number of imidazole rings is 2. The van der Waals surface area contributed by atoms with Crippen LogP contribution in [0, 0.1) is 54.6 Å². The van der Waals surface area contributed by atoms with Crippen LogP contribution in [0.3, 0.4) is 0 Å². The van der Waals surface area contributed by atoms with E-state index in [0.29, 0.717) is 11.4 Å². The van der Waals surface area contributed by atoms with Gasteiger partial charge in [-0.05, 0) is 13.8 Å². The Labute approximate surface area is 296 Å². The van der Waals surface area contributed by atoms with Crippen molar-refractivity contribution in [3.63, 3.8) is 0 Å². The van der Waals surface area contributed by atoms with E-state index in [4.69, 9.17) is 47.5 Å². The van der Waals surface area contributed by atoms with Gasteiger partial charge in [-0.25, -0.2) is 47.2 Å². The summed E-state index contributed by atoms with van der Waals surface area (Å²) in [6, 6.07) is 0. The minimum Gasteiger partial charge on any atom is -0.618 e. The third-order valence-corrected chi connectivity index (χ3v) is 7.88. The molecule has 0 unspecified atom stereocenters. The maximum atomic E-state index is 12.3. The molecule has 4 rings (SSSR count). The second-order valence-electron chi connectivity index (χ2n) is 11.6. The molecular weight excluding hydrogens is 754 g/mol. The fourth-order valence-electron chi connectivity index (χ4n) is 3.77. The molecule has 4 heterocycles. The Bertz CT molecular complexity index is 1340. The molecule has 0 amide bonds. The molecular formula is C24H42Cl2CoN8O14. The standard InChI is InChI=1S/2C11H17N4O2.2CH4O.2ClHO4.Co/c2*1-7-8(13-6-12-7)9-14(16)10(2,3)11(4,5)15(9)17;2*1-2;2*2-1(3,4)5;/h2*6H,1-5H3,(H,12,13);2*2H,1H3;2*(H,2,3,4,5);/q2*+1;;;;;/p-2. The summed E-state index contributed by atoms with van der Waals surface area (Å²) >= 11 is 0. The van der Waals surface area contributed by atoms with E-state index in [1.165, 1.54) is 12.7 Å².